The van der Waals surface area contributed by atoms with E-state index in [2.05, 4.69) is 0 Å². The summed E-state index contributed by atoms with van der Waals surface area (Å²) < 4.78 is 28.6. The highest BCUT2D eigenvalue weighted by Gasteiger charge is 2.19. The topological polar surface area (TPSA) is 65.0 Å². The molecule has 0 aromatic heterocycles. The van der Waals surface area contributed by atoms with E-state index in [1.54, 1.807) is 6.08 Å². The largest absolute Gasteiger partial charge is 0.494 e. The molecule has 0 aromatic carbocycles. The first kappa shape index (κ1) is 21.3. The monoisotopic (exact) mass is 330 g/mol. The standard InChI is InChI=1S/C17H27FO5/c1-4-7-15(22-6-3)9-8-14(12-18)11-16(17(19)20)23-13-21-10-5-2/h7-9,12,16H,4-6,10-11,13H2,1-3H3,(H,19,20)/b9-8-,14-12-,15-7+. The van der Waals surface area contributed by atoms with Crippen LogP contribution in [0.15, 0.2) is 35.9 Å². The molecule has 6 heteroatoms. The van der Waals surface area contributed by atoms with E-state index in [4.69, 9.17) is 19.3 Å². The summed E-state index contributed by atoms with van der Waals surface area (Å²) in [5.74, 6) is -0.541. The number of aliphatic carboxylic acids is 1. The van der Waals surface area contributed by atoms with Crippen molar-refractivity contribution in [2.75, 3.05) is 20.0 Å². The molecule has 0 aliphatic carbocycles. The molecule has 0 radical (unpaired) electrons. The summed E-state index contributed by atoms with van der Waals surface area (Å²) in [5, 5.41) is 9.13. The van der Waals surface area contributed by atoms with Gasteiger partial charge in [-0.3, -0.25) is 0 Å². The minimum Gasteiger partial charge on any atom is -0.494 e. The van der Waals surface area contributed by atoms with Crippen molar-refractivity contribution < 1.29 is 28.5 Å². The Morgan fingerprint density at radius 1 is 1.26 bits per heavy atom. The van der Waals surface area contributed by atoms with Gasteiger partial charge in [0, 0.05) is 13.0 Å². The summed E-state index contributed by atoms with van der Waals surface area (Å²) in [6.45, 7) is 6.60. The number of ether oxygens (including phenoxy) is 3. The lowest BCUT2D eigenvalue weighted by molar-refractivity contribution is -0.160. The number of carboxylic acids is 1. The Balaban J connectivity index is 4.68. The van der Waals surface area contributed by atoms with Gasteiger partial charge in [0.15, 0.2) is 6.10 Å². The fourth-order valence-electron chi connectivity index (χ4n) is 1.65. The summed E-state index contributed by atoms with van der Waals surface area (Å²) in [7, 11) is 0. The molecule has 0 rings (SSSR count). The van der Waals surface area contributed by atoms with Gasteiger partial charge in [-0.15, -0.1) is 0 Å². The molecule has 0 spiro atoms. The molecule has 1 unspecified atom stereocenters. The number of hydrogen-bond donors (Lipinski definition) is 1. The van der Waals surface area contributed by atoms with Crippen LogP contribution in [0.3, 0.4) is 0 Å². The molecule has 5 nitrogen and oxygen atoms in total. The Morgan fingerprint density at radius 2 is 2.00 bits per heavy atom. The van der Waals surface area contributed by atoms with E-state index in [-0.39, 0.29) is 18.8 Å². The molecule has 0 saturated heterocycles. The van der Waals surface area contributed by atoms with Gasteiger partial charge in [0.25, 0.3) is 0 Å². The van der Waals surface area contributed by atoms with Crippen LogP contribution >= 0.6 is 0 Å². The van der Waals surface area contributed by atoms with Gasteiger partial charge in [-0.1, -0.05) is 19.9 Å². The Kier molecular flexibility index (Phi) is 13.0. The number of rotatable bonds is 13. The molecule has 0 heterocycles. The van der Waals surface area contributed by atoms with E-state index in [1.807, 2.05) is 26.8 Å². The van der Waals surface area contributed by atoms with Gasteiger partial charge in [0.05, 0.1) is 12.9 Å². The van der Waals surface area contributed by atoms with Crippen LogP contribution < -0.4 is 0 Å². The normalized spacial score (nSPS) is 14.3. The fourth-order valence-corrected chi connectivity index (χ4v) is 1.65. The number of carboxylic acid groups (broad SMARTS) is 1. The summed E-state index contributed by atoms with van der Waals surface area (Å²) in [6.07, 6.45) is 5.67. The van der Waals surface area contributed by atoms with Crippen LogP contribution in [0.1, 0.15) is 40.0 Å². The molecule has 0 aliphatic rings. The predicted molar refractivity (Wildman–Crippen MR) is 86.6 cm³/mol. The minimum atomic E-state index is -1.16. The SMILES string of the molecule is CC\C=C(/C=C\C(=C\F)CC(OCOCCC)C(=O)O)OCC. The lowest BCUT2D eigenvalue weighted by atomic mass is 10.1. The summed E-state index contributed by atoms with van der Waals surface area (Å²) >= 11 is 0. The Morgan fingerprint density at radius 3 is 2.52 bits per heavy atom. The molecule has 0 amide bonds. The van der Waals surface area contributed by atoms with Gasteiger partial charge in [-0.25, -0.2) is 9.18 Å². The molecule has 0 aromatic rings. The van der Waals surface area contributed by atoms with Gasteiger partial charge < -0.3 is 19.3 Å². The molecule has 1 atom stereocenters. The first-order chi connectivity index (χ1) is 11.1. The Bertz CT molecular complexity index is 415. The molecule has 132 valence electrons. The van der Waals surface area contributed by atoms with E-state index in [0.29, 0.717) is 25.3 Å². The number of hydrogen-bond acceptors (Lipinski definition) is 4. The number of halogens is 1. The fraction of sp³-hybridized carbons (Fsp3) is 0.588. The smallest absolute Gasteiger partial charge is 0.333 e. The first-order valence-electron chi connectivity index (χ1n) is 7.81. The zero-order chi connectivity index (χ0) is 17.5. The van der Waals surface area contributed by atoms with Crippen LogP contribution in [0.2, 0.25) is 0 Å². The number of allylic oxidation sites excluding steroid dienone is 3. The second kappa shape index (κ2) is 14.0. The Labute approximate surface area is 137 Å². The number of carbonyl (C=O) groups is 1. The summed E-state index contributed by atoms with van der Waals surface area (Å²) in [6, 6.07) is 0. The zero-order valence-electron chi connectivity index (χ0n) is 14.1. The third-order valence-corrected chi connectivity index (χ3v) is 2.72. The van der Waals surface area contributed by atoms with Crippen molar-refractivity contribution in [2.24, 2.45) is 0 Å². The van der Waals surface area contributed by atoms with Crippen LogP contribution in [0.5, 0.6) is 0 Å². The second-order valence-electron chi connectivity index (χ2n) is 4.69. The van der Waals surface area contributed by atoms with Crippen LogP contribution in [-0.2, 0) is 19.0 Å². The third-order valence-electron chi connectivity index (χ3n) is 2.72. The highest BCUT2D eigenvalue weighted by Crippen LogP contribution is 2.14. The van der Waals surface area contributed by atoms with Crippen LogP contribution in [0, 0.1) is 0 Å². The second-order valence-corrected chi connectivity index (χ2v) is 4.69. The highest BCUT2D eigenvalue weighted by molar-refractivity contribution is 5.72. The van der Waals surface area contributed by atoms with Crippen molar-refractivity contribution in [1.82, 2.24) is 0 Å². The van der Waals surface area contributed by atoms with Crippen molar-refractivity contribution in [1.29, 1.82) is 0 Å². The average Bonchev–Trinajstić information content (AvgIpc) is 2.53. The maximum Gasteiger partial charge on any atom is 0.333 e. The molecule has 1 N–H and O–H groups in total. The van der Waals surface area contributed by atoms with E-state index >= 15 is 0 Å². The lowest BCUT2D eigenvalue weighted by Gasteiger charge is -2.14. The van der Waals surface area contributed by atoms with Crippen LogP contribution in [-0.4, -0.2) is 37.2 Å². The molecule has 0 bridgehead atoms. The van der Waals surface area contributed by atoms with Crippen molar-refractivity contribution >= 4 is 5.97 Å². The van der Waals surface area contributed by atoms with Gasteiger partial charge in [0.1, 0.15) is 12.6 Å². The van der Waals surface area contributed by atoms with Gasteiger partial charge in [0.2, 0.25) is 0 Å². The molecule has 0 aliphatic heterocycles. The van der Waals surface area contributed by atoms with Crippen LogP contribution in [0.25, 0.3) is 0 Å². The van der Waals surface area contributed by atoms with E-state index < -0.39 is 12.1 Å². The maximum absolute atomic E-state index is 13.0. The third kappa shape index (κ3) is 10.7. The summed E-state index contributed by atoms with van der Waals surface area (Å²) in [4.78, 5) is 11.2. The predicted octanol–water partition coefficient (Wildman–Crippen LogP) is 3.97. The highest BCUT2D eigenvalue weighted by atomic mass is 19.1. The molecular formula is C17H27FO5. The lowest BCUT2D eigenvalue weighted by Crippen LogP contribution is -2.25. The zero-order valence-corrected chi connectivity index (χ0v) is 14.1. The molecule has 0 fully saturated rings. The van der Waals surface area contributed by atoms with Crippen LogP contribution in [0.4, 0.5) is 4.39 Å². The molecular weight excluding hydrogens is 303 g/mol. The first-order valence-corrected chi connectivity index (χ1v) is 7.81. The molecule has 0 saturated carbocycles. The molecule has 23 heavy (non-hydrogen) atoms. The maximum atomic E-state index is 13.0. The van der Waals surface area contributed by atoms with Gasteiger partial charge in [-0.05, 0) is 37.5 Å². The van der Waals surface area contributed by atoms with Crippen molar-refractivity contribution in [2.45, 2.75) is 46.1 Å². The minimum absolute atomic E-state index is 0.0939. The Hall–Kier alpha value is -1.66. The van der Waals surface area contributed by atoms with Gasteiger partial charge in [-0.2, -0.15) is 0 Å². The summed E-state index contributed by atoms with van der Waals surface area (Å²) in [5.41, 5.74) is 0.203. The quantitative estimate of drug-likeness (QED) is 0.239. The van der Waals surface area contributed by atoms with Crippen molar-refractivity contribution in [3.05, 3.63) is 35.9 Å². The van der Waals surface area contributed by atoms with Crippen molar-refractivity contribution in [3.8, 4) is 0 Å². The van der Waals surface area contributed by atoms with Crippen molar-refractivity contribution in [3.63, 3.8) is 0 Å². The van der Waals surface area contributed by atoms with E-state index in [1.165, 1.54) is 6.08 Å². The average molecular weight is 330 g/mol. The van der Waals surface area contributed by atoms with E-state index in [0.717, 1.165) is 12.8 Å². The van der Waals surface area contributed by atoms with Gasteiger partial charge >= 0.3 is 5.97 Å². The van der Waals surface area contributed by atoms with E-state index in [9.17, 15) is 9.18 Å².